The van der Waals surface area contributed by atoms with E-state index in [4.69, 9.17) is 4.52 Å². The molecule has 3 aromatic rings. The SMILES string of the molecule is Cc1nccn1CCc1nc(Cc2ccccc2)no1. The van der Waals surface area contributed by atoms with Crippen LogP contribution in [0.15, 0.2) is 47.2 Å². The molecule has 0 aliphatic carbocycles. The second-order valence-corrected chi connectivity index (χ2v) is 4.68. The summed E-state index contributed by atoms with van der Waals surface area (Å²) in [7, 11) is 0. The number of hydrogen-bond donors (Lipinski definition) is 0. The van der Waals surface area contributed by atoms with Crippen molar-refractivity contribution in [1.29, 1.82) is 0 Å². The van der Waals surface area contributed by atoms with Gasteiger partial charge in [-0.1, -0.05) is 35.5 Å². The van der Waals surface area contributed by atoms with Gasteiger partial charge in [0.2, 0.25) is 5.89 Å². The van der Waals surface area contributed by atoms with Gasteiger partial charge in [0.05, 0.1) is 0 Å². The van der Waals surface area contributed by atoms with E-state index in [0.717, 1.165) is 24.6 Å². The fourth-order valence-electron chi connectivity index (χ4n) is 2.10. The second kappa shape index (κ2) is 5.69. The van der Waals surface area contributed by atoms with E-state index in [-0.39, 0.29) is 0 Å². The van der Waals surface area contributed by atoms with Crippen molar-refractivity contribution >= 4 is 0 Å². The summed E-state index contributed by atoms with van der Waals surface area (Å²) >= 11 is 0. The number of aromatic nitrogens is 4. The van der Waals surface area contributed by atoms with Gasteiger partial charge in [-0.3, -0.25) is 0 Å². The van der Waals surface area contributed by atoms with Crippen molar-refractivity contribution in [2.45, 2.75) is 26.3 Å². The van der Waals surface area contributed by atoms with E-state index in [2.05, 4.69) is 31.8 Å². The average molecular weight is 268 g/mol. The molecule has 0 spiro atoms. The average Bonchev–Trinajstić information content (AvgIpc) is 3.07. The van der Waals surface area contributed by atoms with Gasteiger partial charge < -0.3 is 9.09 Å². The fraction of sp³-hybridized carbons (Fsp3) is 0.267. The molecule has 0 aliphatic heterocycles. The van der Waals surface area contributed by atoms with E-state index in [9.17, 15) is 0 Å². The molecule has 0 fully saturated rings. The molecule has 0 unspecified atom stereocenters. The summed E-state index contributed by atoms with van der Waals surface area (Å²) in [5.74, 6) is 2.40. The third-order valence-electron chi connectivity index (χ3n) is 3.21. The molecule has 0 bridgehead atoms. The maximum atomic E-state index is 5.28. The van der Waals surface area contributed by atoms with E-state index >= 15 is 0 Å². The highest BCUT2D eigenvalue weighted by Crippen LogP contribution is 2.07. The Morgan fingerprint density at radius 3 is 2.80 bits per heavy atom. The van der Waals surface area contributed by atoms with Crippen LogP contribution in [-0.2, 0) is 19.4 Å². The lowest BCUT2D eigenvalue weighted by molar-refractivity contribution is 0.367. The van der Waals surface area contributed by atoms with Gasteiger partial charge in [-0.2, -0.15) is 4.98 Å². The summed E-state index contributed by atoms with van der Waals surface area (Å²) in [6.07, 6.45) is 5.17. The van der Waals surface area contributed by atoms with Gasteiger partial charge in [0.15, 0.2) is 5.82 Å². The van der Waals surface area contributed by atoms with Gasteiger partial charge in [0.25, 0.3) is 0 Å². The maximum Gasteiger partial charge on any atom is 0.228 e. The van der Waals surface area contributed by atoms with Gasteiger partial charge >= 0.3 is 0 Å². The molecule has 20 heavy (non-hydrogen) atoms. The first kappa shape index (κ1) is 12.6. The van der Waals surface area contributed by atoms with Crippen LogP contribution in [0.2, 0.25) is 0 Å². The molecule has 0 amide bonds. The van der Waals surface area contributed by atoms with Gasteiger partial charge in [-0.25, -0.2) is 4.98 Å². The zero-order valence-corrected chi connectivity index (χ0v) is 11.4. The van der Waals surface area contributed by atoms with Crippen molar-refractivity contribution < 1.29 is 4.52 Å². The monoisotopic (exact) mass is 268 g/mol. The Hall–Kier alpha value is -2.43. The number of nitrogens with zero attached hydrogens (tertiary/aromatic N) is 4. The molecule has 2 heterocycles. The summed E-state index contributed by atoms with van der Waals surface area (Å²) in [6.45, 7) is 2.79. The molecule has 0 N–H and O–H groups in total. The van der Waals surface area contributed by atoms with E-state index in [1.54, 1.807) is 6.20 Å². The van der Waals surface area contributed by atoms with Crippen molar-refractivity contribution in [3.8, 4) is 0 Å². The summed E-state index contributed by atoms with van der Waals surface area (Å²) in [6, 6.07) is 10.1. The highest BCUT2D eigenvalue weighted by Gasteiger charge is 2.07. The van der Waals surface area contributed by atoms with Crippen LogP contribution in [-0.4, -0.2) is 19.7 Å². The molecule has 0 saturated heterocycles. The molecule has 2 aromatic heterocycles. The largest absolute Gasteiger partial charge is 0.339 e. The lowest BCUT2D eigenvalue weighted by atomic mass is 10.1. The smallest absolute Gasteiger partial charge is 0.228 e. The van der Waals surface area contributed by atoms with Gasteiger partial charge in [0, 0.05) is 31.8 Å². The quantitative estimate of drug-likeness (QED) is 0.713. The number of rotatable bonds is 5. The van der Waals surface area contributed by atoms with Gasteiger partial charge in [0.1, 0.15) is 5.82 Å². The number of hydrogen-bond acceptors (Lipinski definition) is 4. The first-order chi connectivity index (χ1) is 9.81. The summed E-state index contributed by atoms with van der Waals surface area (Å²) in [5.41, 5.74) is 1.19. The van der Waals surface area contributed by atoms with E-state index in [0.29, 0.717) is 12.3 Å². The Morgan fingerprint density at radius 2 is 2.05 bits per heavy atom. The predicted molar refractivity (Wildman–Crippen MR) is 74.2 cm³/mol. The van der Waals surface area contributed by atoms with E-state index in [1.165, 1.54) is 5.56 Å². The Bertz CT molecular complexity index is 672. The van der Waals surface area contributed by atoms with Crippen LogP contribution < -0.4 is 0 Å². The Kier molecular flexibility index (Phi) is 3.58. The molecule has 0 radical (unpaired) electrons. The van der Waals surface area contributed by atoms with Crippen LogP contribution >= 0.6 is 0 Å². The van der Waals surface area contributed by atoms with Crippen LogP contribution in [0.3, 0.4) is 0 Å². The number of benzene rings is 1. The molecular weight excluding hydrogens is 252 g/mol. The fourth-order valence-corrected chi connectivity index (χ4v) is 2.10. The number of imidazole rings is 1. The second-order valence-electron chi connectivity index (χ2n) is 4.68. The van der Waals surface area contributed by atoms with Crippen LogP contribution in [0.1, 0.15) is 23.1 Å². The van der Waals surface area contributed by atoms with Gasteiger partial charge in [-0.05, 0) is 12.5 Å². The molecule has 5 nitrogen and oxygen atoms in total. The summed E-state index contributed by atoms with van der Waals surface area (Å²) < 4.78 is 7.35. The molecule has 5 heteroatoms. The summed E-state index contributed by atoms with van der Waals surface area (Å²) in [4.78, 5) is 8.61. The number of aryl methyl sites for hydroxylation is 3. The Balaban J connectivity index is 1.61. The first-order valence-corrected chi connectivity index (χ1v) is 6.64. The maximum absolute atomic E-state index is 5.28. The zero-order valence-electron chi connectivity index (χ0n) is 11.4. The minimum Gasteiger partial charge on any atom is -0.339 e. The lowest BCUT2D eigenvalue weighted by Crippen LogP contribution is -2.02. The molecule has 0 saturated carbocycles. The molecule has 0 aliphatic rings. The molecule has 0 atom stereocenters. The molecular formula is C15H16N4O. The van der Waals surface area contributed by atoms with E-state index < -0.39 is 0 Å². The Morgan fingerprint density at radius 1 is 1.20 bits per heavy atom. The van der Waals surface area contributed by atoms with Gasteiger partial charge in [-0.15, -0.1) is 0 Å². The highest BCUT2D eigenvalue weighted by atomic mass is 16.5. The van der Waals surface area contributed by atoms with Crippen LogP contribution in [0, 0.1) is 6.92 Å². The van der Waals surface area contributed by atoms with Crippen molar-refractivity contribution in [2.24, 2.45) is 0 Å². The van der Waals surface area contributed by atoms with Crippen molar-refractivity contribution in [1.82, 2.24) is 19.7 Å². The van der Waals surface area contributed by atoms with Crippen molar-refractivity contribution in [3.63, 3.8) is 0 Å². The zero-order chi connectivity index (χ0) is 13.8. The van der Waals surface area contributed by atoms with Crippen LogP contribution in [0.25, 0.3) is 0 Å². The predicted octanol–water partition coefficient (Wildman–Crippen LogP) is 2.41. The third kappa shape index (κ3) is 2.93. The third-order valence-corrected chi connectivity index (χ3v) is 3.21. The van der Waals surface area contributed by atoms with Crippen LogP contribution in [0.5, 0.6) is 0 Å². The normalized spacial score (nSPS) is 10.8. The van der Waals surface area contributed by atoms with Crippen molar-refractivity contribution in [2.75, 3.05) is 0 Å². The minimum absolute atomic E-state index is 0.670. The van der Waals surface area contributed by atoms with E-state index in [1.807, 2.05) is 31.3 Å². The molecule has 102 valence electrons. The topological polar surface area (TPSA) is 56.7 Å². The van der Waals surface area contributed by atoms with Crippen molar-refractivity contribution in [3.05, 3.63) is 65.8 Å². The standard InChI is InChI=1S/C15H16N4O/c1-12-16-8-10-19(12)9-7-15-17-14(18-20-15)11-13-5-3-2-4-6-13/h2-6,8,10H,7,9,11H2,1H3. The summed E-state index contributed by atoms with van der Waals surface area (Å²) in [5, 5.41) is 4.02. The lowest BCUT2D eigenvalue weighted by Gasteiger charge is -2.00. The van der Waals surface area contributed by atoms with Crippen LogP contribution in [0.4, 0.5) is 0 Å². The highest BCUT2D eigenvalue weighted by molar-refractivity contribution is 5.18. The molecule has 3 rings (SSSR count). The first-order valence-electron chi connectivity index (χ1n) is 6.64. The molecule has 1 aromatic carbocycles. The Labute approximate surface area is 117 Å². The minimum atomic E-state index is 0.670.